The Morgan fingerprint density at radius 1 is 1.31 bits per heavy atom. The summed E-state index contributed by atoms with van der Waals surface area (Å²) in [5.74, 6) is -0.340. The molecule has 3 rings (SSSR count). The van der Waals surface area contributed by atoms with Gasteiger partial charge in [0.15, 0.2) is 0 Å². The van der Waals surface area contributed by atoms with E-state index in [1.807, 2.05) is 6.92 Å². The van der Waals surface area contributed by atoms with E-state index in [2.05, 4.69) is 10.8 Å². The molecule has 3 aliphatic rings. The van der Waals surface area contributed by atoms with Crippen LogP contribution in [0.3, 0.4) is 0 Å². The van der Waals surface area contributed by atoms with E-state index in [4.69, 9.17) is 0 Å². The zero-order chi connectivity index (χ0) is 9.16. The highest BCUT2D eigenvalue weighted by atomic mass is 16.6. The van der Waals surface area contributed by atoms with Crippen molar-refractivity contribution in [3.05, 3.63) is 11.6 Å². The average Bonchev–Trinajstić information content (AvgIpc) is 2.64. The van der Waals surface area contributed by atoms with Crippen molar-refractivity contribution in [2.24, 2.45) is 23.7 Å². The van der Waals surface area contributed by atoms with Gasteiger partial charge in [-0.25, -0.2) is 0 Å². The number of cyclic esters (lactones) is 2. The SMILES string of the molecule is CC1=CC2CC1[C@H]1C(=O)OC(=O)[C@@H]21. The van der Waals surface area contributed by atoms with Gasteiger partial charge in [0.2, 0.25) is 0 Å². The highest BCUT2D eigenvalue weighted by Gasteiger charge is 2.59. The molecule has 0 amide bonds. The van der Waals surface area contributed by atoms with E-state index in [0.29, 0.717) is 0 Å². The number of ether oxygens (including phenoxy) is 1. The third kappa shape index (κ3) is 0.705. The van der Waals surface area contributed by atoms with Gasteiger partial charge in [-0.05, 0) is 25.2 Å². The fourth-order valence-electron chi connectivity index (χ4n) is 3.07. The standard InChI is InChI=1S/C10H10O3/c1-4-2-5-3-6(4)8-7(5)9(11)13-10(8)12/h2,5-8H,3H2,1H3/t5?,6?,7-,8+/m0/s1. The lowest BCUT2D eigenvalue weighted by Gasteiger charge is -2.17. The summed E-state index contributed by atoms with van der Waals surface area (Å²) in [6.45, 7) is 2.04. The Kier molecular flexibility index (Phi) is 1.14. The minimum Gasteiger partial charge on any atom is -0.393 e. The highest BCUT2D eigenvalue weighted by Crippen LogP contribution is 2.54. The Morgan fingerprint density at radius 3 is 2.77 bits per heavy atom. The van der Waals surface area contributed by atoms with Crippen LogP contribution in [0, 0.1) is 23.7 Å². The van der Waals surface area contributed by atoms with Gasteiger partial charge in [-0.1, -0.05) is 11.6 Å². The average molecular weight is 178 g/mol. The van der Waals surface area contributed by atoms with Gasteiger partial charge in [-0.2, -0.15) is 0 Å². The first-order valence-electron chi connectivity index (χ1n) is 4.62. The Labute approximate surface area is 75.8 Å². The van der Waals surface area contributed by atoms with Gasteiger partial charge in [0.05, 0.1) is 11.8 Å². The topological polar surface area (TPSA) is 43.4 Å². The molecule has 2 aliphatic carbocycles. The summed E-state index contributed by atoms with van der Waals surface area (Å²) in [7, 11) is 0. The number of carbonyl (C=O) groups is 2. The Balaban J connectivity index is 2.08. The zero-order valence-corrected chi connectivity index (χ0v) is 7.32. The van der Waals surface area contributed by atoms with Crippen molar-refractivity contribution in [2.75, 3.05) is 0 Å². The van der Waals surface area contributed by atoms with E-state index in [0.717, 1.165) is 6.42 Å². The first-order chi connectivity index (χ1) is 6.18. The molecule has 0 aromatic carbocycles. The van der Waals surface area contributed by atoms with Crippen LogP contribution in [0.2, 0.25) is 0 Å². The van der Waals surface area contributed by atoms with Gasteiger partial charge in [0.1, 0.15) is 0 Å². The maximum absolute atomic E-state index is 11.3. The normalized spacial score (nSPS) is 46.4. The summed E-state index contributed by atoms with van der Waals surface area (Å²) < 4.78 is 4.65. The van der Waals surface area contributed by atoms with E-state index in [1.165, 1.54) is 5.57 Å². The van der Waals surface area contributed by atoms with Crippen LogP contribution in [-0.4, -0.2) is 11.9 Å². The molecule has 4 atom stereocenters. The second-order valence-corrected chi connectivity index (χ2v) is 4.21. The van der Waals surface area contributed by atoms with Crippen LogP contribution in [0.1, 0.15) is 13.3 Å². The molecule has 1 saturated heterocycles. The minimum absolute atomic E-state index is 0.150. The predicted molar refractivity (Wildman–Crippen MR) is 43.4 cm³/mol. The first-order valence-corrected chi connectivity index (χ1v) is 4.62. The molecule has 3 nitrogen and oxygen atoms in total. The predicted octanol–water partition coefficient (Wildman–Crippen LogP) is 0.898. The molecule has 2 bridgehead atoms. The number of carbonyl (C=O) groups excluding carboxylic acids is 2. The molecule has 1 saturated carbocycles. The molecule has 3 heteroatoms. The van der Waals surface area contributed by atoms with E-state index < -0.39 is 0 Å². The Bertz CT molecular complexity index is 342. The number of rotatable bonds is 0. The smallest absolute Gasteiger partial charge is 0.318 e. The summed E-state index contributed by atoms with van der Waals surface area (Å²) in [5.41, 5.74) is 1.26. The monoisotopic (exact) mass is 178 g/mol. The van der Waals surface area contributed by atoms with Crippen LogP contribution in [0.4, 0.5) is 0 Å². The number of hydrogen-bond acceptors (Lipinski definition) is 3. The molecule has 1 heterocycles. The molecule has 1 aliphatic heterocycles. The van der Waals surface area contributed by atoms with Crippen LogP contribution in [0.15, 0.2) is 11.6 Å². The molecule has 0 spiro atoms. The van der Waals surface area contributed by atoms with Crippen LogP contribution in [0.5, 0.6) is 0 Å². The summed E-state index contributed by atoms with van der Waals surface area (Å²) in [6, 6.07) is 0. The molecule has 0 radical (unpaired) electrons. The van der Waals surface area contributed by atoms with Crippen molar-refractivity contribution in [1.82, 2.24) is 0 Å². The molecular formula is C10H10O3. The number of hydrogen-bond donors (Lipinski definition) is 0. The summed E-state index contributed by atoms with van der Waals surface area (Å²) in [4.78, 5) is 22.6. The lowest BCUT2D eigenvalue weighted by atomic mass is 9.82. The van der Waals surface area contributed by atoms with Gasteiger partial charge < -0.3 is 4.74 Å². The fraction of sp³-hybridized carbons (Fsp3) is 0.600. The van der Waals surface area contributed by atoms with E-state index in [1.54, 1.807) is 0 Å². The maximum atomic E-state index is 11.3. The molecule has 0 aromatic heterocycles. The van der Waals surface area contributed by atoms with Gasteiger partial charge in [0.25, 0.3) is 0 Å². The van der Waals surface area contributed by atoms with E-state index in [-0.39, 0.29) is 35.6 Å². The quantitative estimate of drug-likeness (QED) is 0.314. The molecule has 2 fully saturated rings. The van der Waals surface area contributed by atoms with Crippen molar-refractivity contribution >= 4 is 11.9 Å². The molecule has 0 aromatic rings. The van der Waals surface area contributed by atoms with E-state index in [9.17, 15) is 9.59 Å². The number of fused-ring (bicyclic) bond motifs is 5. The van der Waals surface area contributed by atoms with Crippen LogP contribution in [-0.2, 0) is 14.3 Å². The third-order valence-electron chi connectivity index (χ3n) is 3.62. The lowest BCUT2D eigenvalue weighted by Crippen LogP contribution is -2.23. The van der Waals surface area contributed by atoms with Gasteiger partial charge in [-0.3, -0.25) is 9.59 Å². The zero-order valence-electron chi connectivity index (χ0n) is 7.32. The van der Waals surface area contributed by atoms with Crippen molar-refractivity contribution in [3.8, 4) is 0 Å². The summed E-state index contributed by atoms with van der Waals surface area (Å²) in [6.07, 6.45) is 3.10. The largest absolute Gasteiger partial charge is 0.393 e. The maximum Gasteiger partial charge on any atom is 0.318 e. The summed E-state index contributed by atoms with van der Waals surface area (Å²) in [5, 5.41) is 0. The molecule has 0 N–H and O–H groups in total. The fourth-order valence-corrected chi connectivity index (χ4v) is 3.07. The number of allylic oxidation sites excluding steroid dienone is 2. The molecular weight excluding hydrogens is 168 g/mol. The van der Waals surface area contributed by atoms with Crippen LogP contribution < -0.4 is 0 Å². The van der Waals surface area contributed by atoms with Crippen LogP contribution >= 0.6 is 0 Å². The second kappa shape index (κ2) is 2.03. The van der Waals surface area contributed by atoms with Gasteiger partial charge in [0, 0.05) is 0 Å². The Morgan fingerprint density at radius 2 is 2.00 bits per heavy atom. The van der Waals surface area contributed by atoms with Crippen molar-refractivity contribution in [3.63, 3.8) is 0 Å². The van der Waals surface area contributed by atoms with E-state index >= 15 is 0 Å². The van der Waals surface area contributed by atoms with Gasteiger partial charge in [-0.15, -0.1) is 0 Å². The summed E-state index contributed by atoms with van der Waals surface area (Å²) >= 11 is 0. The number of esters is 2. The van der Waals surface area contributed by atoms with Crippen molar-refractivity contribution < 1.29 is 14.3 Å². The first kappa shape index (κ1) is 7.30. The second-order valence-electron chi connectivity index (χ2n) is 4.21. The molecule has 2 unspecified atom stereocenters. The van der Waals surface area contributed by atoms with Crippen LogP contribution in [0.25, 0.3) is 0 Å². The Hall–Kier alpha value is -1.12. The van der Waals surface area contributed by atoms with Gasteiger partial charge >= 0.3 is 11.9 Å². The van der Waals surface area contributed by atoms with Crippen molar-refractivity contribution in [1.29, 1.82) is 0 Å². The highest BCUT2D eigenvalue weighted by molar-refractivity contribution is 5.98. The van der Waals surface area contributed by atoms with Crippen molar-refractivity contribution in [2.45, 2.75) is 13.3 Å². The molecule has 68 valence electrons. The third-order valence-corrected chi connectivity index (χ3v) is 3.62. The lowest BCUT2D eigenvalue weighted by molar-refractivity contribution is -0.154. The molecule has 13 heavy (non-hydrogen) atoms. The minimum atomic E-state index is -0.300.